The summed E-state index contributed by atoms with van der Waals surface area (Å²) in [6, 6.07) is 7.49. The number of hydrogen-bond donors (Lipinski definition) is 2. The largest absolute Gasteiger partial charge is 0.354 e. The molecule has 6 nitrogen and oxygen atoms in total. The van der Waals surface area contributed by atoms with Crippen LogP contribution in [-0.2, 0) is 9.59 Å². The molecule has 0 saturated heterocycles. The number of likely N-dealkylation sites (N-methyl/N-ethyl adjacent to an activating group) is 1. The third-order valence-electron chi connectivity index (χ3n) is 3.45. The van der Waals surface area contributed by atoms with E-state index in [1.54, 1.807) is 11.6 Å². The highest BCUT2D eigenvalue weighted by Gasteiger charge is 2.22. The summed E-state index contributed by atoms with van der Waals surface area (Å²) in [5.74, 6) is -0.283. The predicted molar refractivity (Wildman–Crippen MR) is 96.0 cm³/mol. The molecule has 0 spiro atoms. The van der Waals surface area contributed by atoms with E-state index in [0.29, 0.717) is 5.13 Å². The average Bonchev–Trinajstić information content (AvgIpc) is 3.00. The molecule has 1 aromatic carbocycles. The number of nitrogens with one attached hydrogen (secondary N) is 2. The smallest absolute Gasteiger partial charge is 0.241 e. The zero-order valence-corrected chi connectivity index (χ0v) is 14.9. The summed E-state index contributed by atoms with van der Waals surface area (Å²) in [5.41, 5.74) is 2.04. The van der Waals surface area contributed by atoms with E-state index in [1.807, 2.05) is 50.2 Å². The highest BCUT2D eigenvalue weighted by atomic mass is 32.1. The van der Waals surface area contributed by atoms with Gasteiger partial charge in [-0.1, -0.05) is 29.8 Å². The van der Waals surface area contributed by atoms with Crippen LogP contribution in [0.5, 0.6) is 0 Å². The normalized spacial score (nSPS) is 12.0. The molecule has 2 N–H and O–H groups in total. The van der Waals surface area contributed by atoms with Crippen molar-refractivity contribution in [3.05, 3.63) is 47.0 Å². The van der Waals surface area contributed by atoms with Crippen LogP contribution in [0.2, 0.25) is 0 Å². The second-order valence-corrected chi connectivity index (χ2v) is 6.60. The van der Waals surface area contributed by atoms with Crippen molar-refractivity contribution in [2.24, 2.45) is 0 Å². The lowest BCUT2D eigenvalue weighted by molar-refractivity contribution is -0.125. The van der Waals surface area contributed by atoms with Gasteiger partial charge in [0.15, 0.2) is 5.13 Å². The van der Waals surface area contributed by atoms with Crippen molar-refractivity contribution >= 4 is 28.3 Å². The number of carbonyl (C=O) groups excluding carboxylic acids is 2. The Labute approximate surface area is 145 Å². The summed E-state index contributed by atoms with van der Waals surface area (Å²) in [6.07, 6.45) is 1.84. The van der Waals surface area contributed by atoms with Gasteiger partial charge in [-0.2, -0.15) is 0 Å². The van der Waals surface area contributed by atoms with Crippen molar-refractivity contribution in [2.45, 2.75) is 19.4 Å². The third-order valence-corrected chi connectivity index (χ3v) is 4.14. The second kappa shape index (κ2) is 8.56. The molecule has 0 fully saturated rings. The summed E-state index contributed by atoms with van der Waals surface area (Å²) >= 11 is 1.36. The predicted octanol–water partition coefficient (Wildman–Crippen LogP) is 2.20. The number of thiazole rings is 1. The first-order valence-corrected chi connectivity index (χ1v) is 8.55. The molecule has 2 rings (SSSR count). The topological polar surface area (TPSA) is 74.3 Å². The van der Waals surface area contributed by atoms with Gasteiger partial charge in [-0.3, -0.25) is 14.5 Å². The molecule has 1 atom stereocenters. The minimum absolute atomic E-state index is 0.118. The van der Waals surface area contributed by atoms with E-state index < -0.39 is 0 Å². The van der Waals surface area contributed by atoms with Crippen molar-refractivity contribution < 1.29 is 9.59 Å². The molecule has 1 heterocycles. The highest BCUT2D eigenvalue weighted by Crippen LogP contribution is 2.19. The van der Waals surface area contributed by atoms with E-state index in [-0.39, 0.29) is 30.8 Å². The Morgan fingerprint density at radius 2 is 2.12 bits per heavy atom. The Morgan fingerprint density at radius 3 is 2.75 bits per heavy atom. The fourth-order valence-electron chi connectivity index (χ4n) is 2.39. The van der Waals surface area contributed by atoms with E-state index >= 15 is 0 Å². The first-order chi connectivity index (χ1) is 11.5. The zero-order chi connectivity index (χ0) is 17.5. The van der Waals surface area contributed by atoms with E-state index in [9.17, 15) is 9.59 Å². The lowest BCUT2D eigenvalue weighted by Crippen LogP contribution is -2.38. The maximum absolute atomic E-state index is 12.5. The first kappa shape index (κ1) is 18.1. The molecule has 2 amide bonds. The Bertz CT molecular complexity index is 686. The molecule has 0 radical (unpaired) electrons. The Balaban J connectivity index is 1.88. The lowest BCUT2D eigenvalue weighted by Gasteiger charge is -2.24. The average molecular weight is 346 g/mol. The van der Waals surface area contributed by atoms with E-state index in [0.717, 1.165) is 11.1 Å². The zero-order valence-electron chi connectivity index (χ0n) is 14.1. The molecule has 1 unspecified atom stereocenters. The number of aromatic nitrogens is 1. The number of benzene rings is 1. The van der Waals surface area contributed by atoms with Gasteiger partial charge in [-0.15, -0.1) is 11.3 Å². The van der Waals surface area contributed by atoms with Crippen molar-refractivity contribution in [3.8, 4) is 0 Å². The van der Waals surface area contributed by atoms with Gasteiger partial charge in [-0.05, 0) is 26.6 Å². The first-order valence-electron chi connectivity index (χ1n) is 7.67. The Morgan fingerprint density at radius 1 is 1.33 bits per heavy atom. The molecule has 1 aromatic heterocycles. The van der Waals surface area contributed by atoms with Gasteiger partial charge in [0.2, 0.25) is 11.8 Å². The van der Waals surface area contributed by atoms with E-state index in [2.05, 4.69) is 15.6 Å². The van der Waals surface area contributed by atoms with Crippen LogP contribution in [0.15, 0.2) is 35.8 Å². The molecular formula is C17H22N4O2S. The van der Waals surface area contributed by atoms with Crippen LogP contribution in [-0.4, -0.2) is 42.3 Å². The second-order valence-electron chi connectivity index (χ2n) is 5.71. The quantitative estimate of drug-likeness (QED) is 0.806. The van der Waals surface area contributed by atoms with Gasteiger partial charge < -0.3 is 10.6 Å². The molecule has 128 valence electrons. The van der Waals surface area contributed by atoms with Crippen molar-refractivity contribution in [3.63, 3.8) is 0 Å². The fourth-order valence-corrected chi connectivity index (χ4v) is 2.93. The minimum Gasteiger partial charge on any atom is -0.354 e. The number of rotatable bonds is 7. The highest BCUT2D eigenvalue weighted by molar-refractivity contribution is 7.13. The molecule has 24 heavy (non-hydrogen) atoms. The Kier molecular flexibility index (Phi) is 6.45. The molecular weight excluding hydrogens is 324 g/mol. The number of amides is 2. The summed E-state index contributed by atoms with van der Waals surface area (Å²) in [5, 5.41) is 7.89. The minimum atomic E-state index is -0.382. The van der Waals surface area contributed by atoms with E-state index in [4.69, 9.17) is 0 Å². The number of anilines is 1. The summed E-state index contributed by atoms with van der Waals surface area (Å²) in [7, 11) is 3.73. The van der Waals surface area contributed by atoms with E-state index in [1.165, 1.54) is 11.3 Å². The maximum Gasteiger partial charge on any atom is 0.241 e. The monoisotopic (exact) mass is 346 g/mol. The molecule has 7 heteroatoms. The Hall–Kier alpha value is -2.25. The number of nitrogens with zero attached hydrogens (tertiary/aromatic N) is 2. The number of aryl methyl sites for hydroxylation is 1. The standard InChI is InChI=1S/C17H22N4O2S/c1-12-5-4-6-13(11-12)15(21(2)3)16(23)18-8-7-14(22)20-17-19-9-10-24-17/h4-6,9-11,15H,7-8H2,1-3H3,(H,18,23)(H,19,20,22). The molecule has 0 saturated carbocycles. The SMILES string of the molecule is Cc1cccc(C(C(=O)NCCC(=O)Nc2nccs2)N(C)C)c1. The van der Waals surface area contributed by atoms with Crippen LogP contribution in [0.3, 0.4) is 0 Å². The maximum atomic E-state index is 12.5. The fraction of sp³-hybridized carbons (Fsp3) is 0.353. The van der Waals surface area contributed by atoms with Crippen molar-refractivity contribution in [2.75, 3.05) is 26.0 Å². The third kappa shape index (κ3) is 5.14. The molecule has 0 aliphatic carbocycles. The van der Waals surface area contributed by atoms with Crippen LogP contribution in [0, 0.1) is 6.92 Å². The van der Waals surface area contributed by atoms with Crippen molar-refractivity contribution in [1.29, 1.82) is 0 Å². The van der Waals surface area contributed by atoms with Gasteiger partial charge in [0.25, 0.3) is 0 Å². The van der Waals surface area contributed by atoms with Gasteiger partial charge in [0.05, 0.1) is 0 Å². The molecule has 0 aliphatic heterocycles. The van der Waals surface area contributed by atoms with Gasteiger partial charge in [0, 0.05) is 24.5 Å². The summed E-state index contributed by atoms with van der Waals surface area (Å²) < 4.78 is 0. The van der Waals surface area contributed by atoms with Crippen molar-refractivity contribution in [1.82, 2.24) is 15.2 Å². The van der Waals surface area contributed by atoms with Gasteiger partial charge in [0.1, 0.15) is 6.04 Å². The molecule has 0 aliphatic rings. The van der Waals surface area contributed by atoms with Crippen LogP contribution >= 0.6 is 11.3 Å². The van der Waals surface area contributed by atoms with Crippen LogP contribution in [0.4, 0.5) is 5.13 Å². The van der Waals surface area contributed by atoms with Crippen LogP contribution in [0.25, 0.3) is 0 Å². The van der Waals surface area contributed by atoms with Gasteiger partial charge in [-0.25, -0.2) is 4.98 Å². The molecule has 2 aromatic rings. The summed E-state index contributed by atoms with van der Waals surface area (Å²) in [6.45, 7) is 2.28. The number of hydrogen-bond acceptors (Lipinski definition) is 5. The van der Waals surface area contributed by atoms with Crippen LogP contribution in [0.1, 0.15) is 23.6 Å². The number of carbonyl (C=O) groups is 2. The molecule has 0 bridgehead atoms. The van der Waals surface area contributed by atoms with Gasteiger partial charge >= 0.3 is 0 Å². The lowest BCUT2D eigenvalue weighted by atomic mass is 10.0. The van der Waals surface area contributed by atoms with Crippen LogP contribution < -0.4 is 10.6 Å². The summed E-state index contributed by atoms with van der Waals surface area (Å²) in [4.78, 5) is 30.2.